The van der Waals surface area contributed by atoms with E-state index in [4.69, 9.17) is 9.47 Å². The van der Waals surface area contributed by atoms with E-state index in [0.29, 0.717) is 18.8 Å². The van der Waals surface area contributed by atoms with Gasteiger partial charge >= 0.3 is 5.97 Å². The molecule has 0 saturated heterocycles. The van der Waals surface area contributed by atoms with Crippen molar-refractivity contribution in [2.45, 2.75) is 53.5 Å². The third kappa shape index (κ3) is 4.01. The van der Waals surface area contributed by atoms with Crippen LogP contribution in [0, 0.1) is 19.3 Å². The molecule has 1 aliphatic rings. The van der Waals surface area contributed by atoms with Crippen LogP contribution in [0.2, 0.25) is 0 Å². The number of aromatic carboxylic acids is 1. The van der Waals surface area contributed by atoms with Crippen LogP contribution in [0.25, 0.3) is 11.3 Å². The third-order valence-electron chi connectivity index (χ3n) is 5.85. The fourth-order valence-electron chi connectivity index (χ4n) is 4.20. The van der Waals surface area contributed by atoms with Gasteiger partial charge in [0.25, 0.3) is 0 Å². The quantitative estimate of drug-likeness (QED) is 0.711. The minimum Gasteiger partial charge on any atom is -0.493 e. The molecular weight excluding hydrogens is 382 g/mol. The average Bonchev–Trinajstić information content (AvgIpc) is 2.66. The maximum absolute atomic E-state index is 12.8. The smallest absolute Gasteiger partial charge is 0.341 e. The van der Waals surface area contributed by atoms with Crippen molar-refractivity contribution in [2.24, 2.45) is 5.41 Å². The monoisotopic (exact) mass is 413 g/mol. The second kappa shape index (κ2) is 8.26. The van der Waals surface area contributed by atoms with Crippen LogP contribution in [0.15, 0.2) is 23.1 Å². The van der Waals surface area contributed by atoms with Gasteiger partial charge in [0.1, 0.15) is 11.3 Å². The lowest BCUT2D eigenvalue weighted by atomic mass is 9.78. The zero-order chi connectivity index (χ0) is 22.2. The van der Waals surface area contributed by atoms with Gasteiger partial charge in [-0.3, -0.25) is 4.79 Å². The first-order valence-corrected chi connectivity index (χ1v) is 10.3. The van der Waals surface area contributed by atoms with E-state index in [1.807, 2.05) is 11.5 Å². The number of carboxylic acid groups (broad SMARTS) is 1. The zero-order valence-corrected chi connectivity index (χ0v) is 18.7. The van der Waals surface area contributed by atoms with Gasteiger partial charge in [-0.15, -0.1) is 0 Å². The molecule has 2 aromatic rings. The van der Waals surface area contributed by atoms with Crippen LogP contribution in [-0.2, 0) is 11.2 Å². The van der Waals surface area contributed by atoms with Crippen molar-refractivity contribution in [3.63, 3.8) is 0 Å². The number of carboxylic acids is 1. The SMILES string of the molecule is COCCCOc1cc2c(cc1C)-c1c(C)c(=O)c(C(=O)O)cn1C(C(C)(C)C)C2. The van der Waals surface area contributed by atoms with Gasteiger partial charge in [-0.2, -0.15) is 0 Å². The number of rotatable bonds is 6. The number of aryl methyl sites for hydroxylation is 1. The van der Waals surface area contributed by atoms with Crippen molar-refractivity contribution in [3.8, 4) is 17.0 Å². The summed E-state index contributed by atoms with van der Waals surface area (Å²) in [6, 6.07) is 4.15. The second-order valence-electron chi connectivity index (χ2n) is 9.11. The standard InChI is InChI=1S/C24H31NO5/c1-14-10-17-16(11-19(14)30-9-7-8-29-6)12-20(24(3,4)5)25-13-18(23(27)28)22(26)15(2)21(17)25/h10-11,13,20H,7-9,12H2,1-6H3,(H,27,28). The van der Waals surface area contributed by atoms with Crippen molar-refractivity contribution in [1.82, 2.24) is 4.57 Å². The van der Waals surface area contributed by atoms with Gasteiger partial charge in [0.05, 0.1) is 12.3 Å². The van der Waals surface area contributed by atoms with E-state index >= 15 is 0 Å². The lowest BCUT2D eigenvalue weighted by Gasteiger charge is -2.40. The molecule has 0 aliphatic carbocycles. The first kappa shape index (κ1) is 22.1. The number of methoxy groups -OCH3 is 1. The number of fused-ring (bicyclic) bond motifs is 3. The van der Waals surface area contributed by atoms with Crippen LogP contribution in [0.5, 0.6) is 5.75 Å². The molecule has 30 heavy (non-hydrogen) atoms. The highest BCUT2D eigenvalue weighted by Gasteiger charge is 2.35. The van der Waals surface area contributed by atoms with Crippen LogP contribution >= 0.6 is 0 Å². The topological polar surface area (TPSA) is 77.8 Å². The Morgan fingerprint density at radius 3 is 2.53 bits per heavy atom. The first-order valence-electron chi connectivity index (χ1n) is 10.3. The third-order valence-corrected chi connectivity index (χ3v) is 5.85. The Bertz CT molecular complexity index is 1030. The number of benzene rings is 1. The Hall–Kier alpha value is -2.60. The number of carbonyl (C=O) groups is 1. The minimum atomic E-state index is -1.19. The van der Waals surface area contributed by atoms with Crippen molar-refractivity contribution in [1.29, 1.82) is 0 Å². The van der Waals surface area contributed by atoms with Crippen LogP contribution in [-0.4, -0.2) is 36.0 Å². The number of pyridine rings is 1. The van der Waals surface area contributed by atoms with Gasteiger partial charge in [-0.05, 0) is 48.9 Å². The number of aromatic nitrogens is 1. The maximum atomic E-state index is 12.8. The van der Waals surface area contributed by atoms with Gasteiger partial charge in [0.15, 0.2) is 5.43 Å². The average molecular weight is 414 g/mol. The highest BCUT2D eigenvalue weighted by atomic mass is 16.5. The molecule has 0 amide bonds. The predicted octanol–water partition coefficient (Wildman–Crippen LogP) is 4.39. The Kier molecular flexibility index (Phi) is 6.09. The van der Waals surface area contributed by atoms with Crippen LogP contribution < -0.4 is 10.2 Å². The second-order valence-corrected chi connectivity index (χ2v) is 9.11. The molecule has 6 nitrogen and oxygen atoms in total. The molecule has 1 unspecified atom stereocenters. The van der Waals surface area contributed by atoms with E-state index < -0.39 is 11.4 Å². The van der Waals surface area contributed by atoms with Crippen molar-refractivity contribution >= 4 is 5.97 Å². The molecular formula is C24H31NO5. The molecule has 2 heterocycles. The number of hydrogen-bond acceptors (Lipinski definition) is 4. The normalized spacial score (nSPS) is 15.5. The molecule has 0 spiro atoms. The Balaban J connectivity index is 2.18. The van der Waals surface area contributed by atoms with E-state index in [-0.39, 0.29) is 17.0 Å². The molecule has 3 rings (SSSR count). The Morgan fingerprint density at radius 1 is 1.23 bits per heavy atom. The highest BCUT2D eigenvalue weighted by molar-refractivity contribution is 5.88. The van der Waals surface area contributed by atoms with E-state index in [9.17, 15) is 14.7 Å². The highest BCUT2D eigenvalue weighted by Crippen LogP contribution is 2.45. The molecule has 1 atom stereocenters. The van der Waals surface area contributed by atoms with Gasteiger partial charge in [0, 0.05) is 43.5 Å². The summed E-state index contributed by atoms with van der Waals surface area (Å²) in [4.78, 5) is 24.4. The maximum Gasteiger partial charge on any atom is 0.341 e. The molecule has 1 aromatic heterocycles. The fourth-order valence-corrected chi connectivity index (χ4v) is 4.20. The molecule has 0 fully saturated rings. The first-order chi connectivity index (χ1) is 14.1. The summed E-state index contributed by atoms with van der Waals surface area (Å²) in [5.41, 5.74) is 3.63. The summed E-state index contributed by atoms with van der Waals surface area (Å²) in [5, 5.41) is 9.54. The van der Waals surface area contributed by atoms with E-state index in [1.54, 1.807) is 14.0 Å². The lowest BCUT2D eigenvalue weighted by Crippen LogP contribution is -2.34. The lowest BCUT2D eigenvalue weighted by molar-refractivity contribution is 0.0693. The fraction of sp³-hybridized carbons (Fsp3) is 0.500. The predicted molar refractivity (Wildman–Crippen MR) is 117 cm³/mol. The molecule has 1 aliphatic heterocycles. The molecule has 0 bridgehead atoms. The summed E-state index contributed by atoms with van der Waals surface area (Å²) < 4.78 is 13.1. The Morgan fingerprint density at radius 2 is 1.93 bits per heavy atom. The Labute approximate surface area is 177 Å². The number of nitrogens with zero attached hydrogens (tertiary/aromatic N) is 1. The summed E-state index contributed by atoms with van der Waals surface area (Å²) in [6.45, 7) is 11.3. The minimum absolute atomic E-state index is 0.0152. The van der Waals surface area contributed by atoms with Gasteiger partial charge in [-0.1, -0.05) is 20.8 Å². The van der Waals surface area contributed by atoms with Crippen LogP contribution in [0.1, 0.15) is 60.3 Å². The van der Waals surface area contributed by atoms with Crippen molar-refractivity contribution in [3.05, 3.63) is 50.8 Å². The largest absolute Gasteiger partial charge is 0.493 e. The summed E-state index contributed by atoms with van der Waals surface area (Å²) in [7, 11) is 1.67. The van der Waals surface area contributed by atoms with Crippen molar-refractivity contribution < 1.29 is 19.4 Å². The summed E-state index contributed by atoms with van der Waals surface area (Å²) in [6.07, 6.45) is 3.07. The molecule has 6 heteroatoms. The molecule has 0 saturated carbocycles. The van der Waals surface area contributed by atoms with Gasteiger partial charge in [-0.25, -0.2) is 4.79 Å². The van der Waals surface area contributed by atoms with E-state index in [2.05, 4.69) is 32.9 Å². The molecule has 162 valence electrons. The summed E-state index contributed by atoms with van der Waals surface area (Å²) in [5.74, 6) is -0.346. The zero-order valence-electron chi connectivity index (χ0n) is 18.7. The number of ether oxygens (including phenoxy) is 2. The van der Waals surface area contributed by atoms with Crippen molar-refractivity contribution in [2.75, 3.05) is 20.3 Å². The molecule has 1 N–H and O–H groups in total. The van der Waals surface area contributed by atoms with Gasteiger partial charge < -0.3 is 19.1 Å². The summed E-state index contributed by atoms with van der Waals surface area (Å²) >= 11 is 0. The van der Waals surface area contributed by atoms with E-state index in [0.717, 1.165) is 41.0 Å². The molecule has 0 radical (unpaired) electrons. The van der Waals surface area contributed by atoms with E-state index in [1.165, 1.54) is 6.20 Å². The van der Waals surface area contributed by atoms with Crippen LogP contribution in [0.4, 0.5) is 0 Å². The van der Waals surface area contributed by atoms with Crippen LogP contribution in [0.3, 0.4) is 0 Å². The number of hydrogen-bond donors (Lipinski definition) is 1. The van der Waals surface area contributed by atoms with Gasteiger partial charge in [0.2, 0.25) is 0 Å². The molecule has 1 aromatic carbocycles.